The van der Waals surface area contributed by atoms with E-state index < -0.39 is 5.97 Å². The minimum Gasteiger partial charge on any atom is -0.493 e. The zero-order valence-electron chi connectivity index (χ0n) is 19.4. The monoisotopic (exact) mass is 444 g/mol. The second kappa shape index (κ2) is 11.6. The SMILES string of the molecule is CCCOC(=O)c1cc(OC)c(OC)c(OC)c1C#Cc1cc(OC)c(OC)c(OC)c1. The molecule has 0 saturated heterocycles. The van der Waals surface area contributed by atoms with Gasteiger partial charge in [-0.2, -0.15) is 0 Å². The van der Waals surface area contributed by atoms with Crippen LogP contribution in [0.3, 0.4) is 0 Å². The first kappa shape index (κ1) is 24.5. The molecule has 32 heavy (non-hydrogen) atoms. The second-order valence-electron chi connectivity index (χ2n) is 6.37. The van der Waals surface area contributed by atoms with Gasteiger partial charge in [-0.25, -0.2) is 4.79 Å². The van der Waals surface area contributed by atoms with Crippen LogP contribution in [0.4, 0.5) is 0 Å². The maximum absolute atomic E-state index is 12.8. The molecule has 0 bridgehead atoms. The van der Waals surface area contributed by atoms with Crippen LogP contribution in [0.15, 0.2) is 18.2 Å². The van der Waals surface area contributed by atoms with Crippen molar-refractivity contribution in [2.45, 2.75) is 13.3 Å². The average Bonchev–Trinajstić information content (AvgIpc) is 2.83. The van der Waals surface area contributed by atoms with E-state index in [1.165, 1.54) is 48.7 Å². The molecule has 0 atom stereocenters. The maximum Gasteiger partial charge on any atom is 0.339 e. The molecule has 0 aliphatic heterocycles. The summed E-state index contributed by atoms with van der Waals surface area (Å²) in [4.78, 5) is 12.8. The molecule has 0 spiro atoms. The highest BCUT2D eigenvalue weighted by Gasteiger charge is 2.24. The third-order valence-corrected chi connectivity index (χ3v) is 4.48. The predicted molar refractivity (Wildman–Crippen MR) is 119 cm³/mol. The van der Waals surface area contributed by atoms with Crippen LogP contribution >= 0.6 is 0 Å². The molecule has 2 rings (SSSR count). The third-order valence-electron chi connectivity index (χ3n) is 4.48. The number of rotatable bonds is 9. The van der Waals surface area contributed by atoms with Gasteiger partial charge >= 0.3 is 5.97 Å². The number of hydrogen-bond acceptors (Lipinski definition) is 8. The van der Waals surface area contributed by atoms with E-state index in [9.17, 15) is 4.79 Å². The van der Waals surface area contributed by atoms with Gasteiger partial charge in [-0.05, 0) is 18.6 Å². The van der Waals surface area contributed by atoms with Crippen molar-refractivity contribution in [2.24, 2.45) is 0 Å². The number of esters is 1. The molecule has 0 radical (unpaired) electrons. The van der Waals surface area contributed by atoms with Gasteiger partial charge in [0.25, 0.3) is 0 Å². The molecule has 0 heterocycles. The molecule has 0 aliphatic carbocycles. The lowest BCUT2D eigenvalue weighted by atomic mass is 10.0. The Morgan fingerprint density at radius 1 is 0.719 bits per heavy atom. The van der Waals surface area contributed by atoms with Crippen LogP contribution in [0.1, 0.15) is 34.8 Å². The van der Waals surface area contributed by atoms with E-state index >= 15 is 0 Å². The van der Waals surface area contributed by atoms with Crippen LogP contribution in [0.2, 0.25) is 0 Å². The van der Waals surface area contributed by atoms with Crippen molar-refractivity contribution in [1.82, 2.24) is 0 Å². The van der Waals surface area contributed by atoms with Crippen LogP contribution in [-0.4, -0.2) is 55.2 Å². The van der Waals surface area contributed by atoms with Gasteiger partial charge in [0.1, 0.15) is 0 Å². The van der Waals surface area contributed by atoms with Crippen LogP contribution in [0.5, 0.6) is 34.5 Å². The standard InChI is InChI=1S/C24H28O8/c1-8-11-32-24(25)17-14-20(28-4)23(31-7)21(29-5)16(17)10-9-15-12-18(26-2)22(30-6)19(13-15)27-3/h12-14H,8,11H2,1-7H3. The average molecular weight is 444 g/mol. The number of ether oxygens (including phenoxy) is 7. The molecule has 0 aliphatic rings. The van der Waals surface area contributed by atoms with E-state index in [0.29, 0.717) is 46.3 Å². The van der Waals surface area contributed by atoms with E-state index in [2.05, 4.69) is 11.8 Å². The molecular formula is C24H28O8. The zero-order valence-corrected chi connectivity index (χ0v) is 19.4. The van der Waals surface area contributed by atoms with Gasteiger partial charge in [-0.1, -0.05) is 18.8 Å². The maximum atomic E-state index is 12.8. The summed E-state index contributed by atoms with van der Waals surface area (Å²) >= 11 is 0. The molecule has 8 heteroatoms. The normalized spacial score (nSPS) is 9.84. The first-order valence-electron chi connectivity index (χ1n) is 9.81. The molecular weight excluding hydrogens is 416 g/mol. The number of methoxy groups -OCH3 is 6. The Hall–Kier alpha value is -3.73. The van der Waals surface area contributed by atoms with Gasteiger partial charge in [0.15, 0.2) is 23.0 Å². The topological polar surface area (TPSA) is 81.7 Å². The van der Waals surface area contributed by atoms with E-state index in [-0.39, 0.29) is 17.9 Å². The van der Waals surface area contributed by atoms with Crippen molar-refractivity contribution in [1.29, 1.82) is 0 Å². The molecule has 0 N–H and O–H groups in total. The fraction of sp³-hybridized carbons (Fsp3) is 0.375. The first-order chi connectivity index (χ1) is 15.5. The molecule has 0 fully saturated rings. The van der Waals surface area contributed by atoms with Crippen LogP contribution in [-0.2, 0) is 4.74 Å². The molecule has 0 amide bonds. The lowest BCUT2D eigenvalue weighted by Crippen LogP contribution is -2.10. The molecule has 0 saturated carbocycles. The fourth-order valence-corrected chi connectivity index (χ4v) is 3.00. The molecule has 0 aromatic heterocycles. The zero-order chi connectivity index (χ0) is 23.7. The van der Waals surface area contributed by atoms with Crippen molar-refractivity contribution >= 4 is 5.97 Å². The summed E-state index contributed by atoms with van der Waals surface area (Å²) in [7, 11) is 8.98. The summed E-state index contributed by atoms with van der Waals surface area (Å²) in [5, 5.41) is 0. The van der Waals surface area contributed by atoms with Crippen molar-refractivity contribution in [3.63, 3.8) is 0 Å². The highest BCUT2D eigenvalue weighted by molar-refractivity contribution is 5.95. The van der Waals surface area contributed by atoms with Crippen LogP contribution in [0.25, 0.3) is 0 Å². The van der Waals surface area contributed by atoms with E-state index in [0.717, 1.165) is 0 Å². The Bertz CT molecular complexity index is 992. The Labute approximate surface area is 188 Å². The van der Waals surface area contributed by atoms with Gasteiger partial charge < -0.3 is 33.2 Å². The third kappa shape index (κ3) is 5.11. The molecule has 2 aromatic carbocycles. The largest absolute Gasteiger partial charge is 0.493 e. The van der Waals surface area contributed by atoms with E-state index in [1.807, 2.05) is 6.92 Å². The van der Waals surface area contributed by atoms with Crippen molar-refractivity contribution in [3.05, 3.63) is 34.9 Å². The quantitative estimate of drug-likeness (QED) is 0.428. The van der Waals surface area contributed by atoms with Gasteiger partial charge in [0.2, 0.25) is 11.5 Å². The molecule has 2 aromatic rings. The van der Waals surface area contributed by atoms with Crippen LogP contribution in [0, 0.1) is 11.8 Å². The number of carbonyl (C=O) groups is 1. The summed E-state index contributed by atoms with van der Waals surface area (Å²) in [5.41, 5.74) is 1.08. The highest BCUT2D eigenvalue weighted by Crippen LogP contribution is 2.42. The molecule has 8 nitrogen and oxygen atoms in total. The van der Waals surface area contributed by atoms with Gasteiger partial charge in [0.05, 0.1) is 60.4 Å². The van der Waals surface area contributed by atoms with Gasteiger partial charge in [-0.3, -0.25) is 0 Å². The fourth-order valence-electron chi connectivity index (χ4n) is 3.00. The van der Waals surface area contributed by atoms with Gasteiger partial charge in [-0.15, -0.1) is 0 Å². The van der Waals surface area contributed by atoms with Crippen molar-refractivity contribution < 1.29 is 38.0 Å². The highest BCUT2D eigenvalue weighted by atomic mass is 16.5. The van der Waals surface area contributed by atoms with E-state index in [1.54, 1.807) is 12.1 Å². The first-order valence-corrected chi connectivity index (χ1v) is 9.81. The van der Waals surface area contributed by atoms with Crippen molar-refractivity contribution in [3.8, 4) is 46.3 Å². The Balaban J connectivity index is 2.73. The second-order valence-corrected chi connectivity index (χ2v) is 6.37. The smallest absolute Gasteiger partial charge is 0.339 e. The van der Waals surface area contributed by atoms with E-state index in [4.69, 9.17) is 33.2 Å². The lowest BCUT2D eigenvalue weighted by Gasteiger charge is -2.16. The van der Waals surface area contributed by atoms with Gasteiger partial charge in [0, 0.05) is 11.6 Å². The summed E-state index contributed by atoms with van der Waals surface area (Å²) in [6, 6.07) is 4.94. The summed E-state index contributed by atoms with van der Waals surface area (Å²) in [5.74, 6) is 7.76. The summed E-state index contributed by atoms with van der Waals surface area (Å²) < 4.78 is 37.8. The Morgan fingerprint density at radius 3 is 1.72 bits per heavy atom. The Kier molecular flexibility index (Phi) is 8.90. The minimum atomic E-state index is -0.541. The van der Waals surface area contributed by atoms with Crippen molar-refractivity contribution in [2.75, 3.05) is 49.3 Å². The summed E-state index contributed by atoms with van der Waals surface area (Å²) in [6.45, 7) is 2.18. The predicted octanol–water partition coefficient (Wildman–Crippen LogP) is 3.70. The minimum absolute atomic E-state index is 0.202. The number of hydrogen-bond donors (Lipinski definition) is 0. The molecule has 172 valence electrons. The number of benzene rings is 2. The molecule has 0 unspecified atom stereocenters. The number of carbonyl (C=O) groups excluding carboxylic acids is 1. The van der Waals surface area contributed by atoms with Crippen LogP contribution < -0.4 is 28.4 Å². The summed E-state index contributed by atoms with van der Waals surface area (Å²) in [6.07, 6.45) is 0.683. The lowest BCUT2D eigenvalue weighted by molar-refractivity contribution is 0.0504. The Morgan fingerprint density at radius 2 is 1.25 bits per heavy atom.